The first kappa shape index (κ1) is 14.8. The summed E-state index contributed by atoms with van der Waals surface area (Å²) in [4.78, 5) is 27.7. The van der Waals surface area contributed by atoms with Crippen LogP contribution in [0.1, 0.15) is 31.8 Å². The molecular formula is C17H13N3O3. The van der Waals surface area contributed by atoms with Gasteiger partial charge in [0.25, 0.3) is 0 Å². The van der Waals surface area contributed by atoms with Crippen molar-refractivity contribution in [2.24, 2.45) is 15.2 Å². The van der Waals surface area contributed by atoms with Gasteiger partial charge in [0, 0.05) is 17.5 Å². The van der Waals surface area contributed by atoms with Crippen molar-refractivity contribution in [3.8, 4) is 0 Å². The van der Waals surface area contributed by atoms with Crippen LogP contribution in [-0.2, 0) is 6.42 Å². The molecule has 2 aromatic carbocycles. The van der Waals surface area contributed by atoms with E-state index >= 15 is 0 Å². The zero-order valence-corrected chi connectivity index (χ0v) is 12.1. The third-order valence-corrected chi connectivity index (χ3v) is 3.48. The zero-order valence-electron chi connectivity index (χ0n) is 12.1. The monoisotopic (exact) mass is 307 g/mol. The number of aliphatic imine (C=N–C) groups is 1. The number of azo groups is 1. The molecule has 0 amide bonds. The van der Waals surface area contributed by atoms with Crippen LogP contribution in [0, 0.1) is 0 Å². The maximum Gasteiger partial charge on any atom is 0.336 e. The number of hydrogen-bond donors (Lipinski definition) is 1. The van der Waals surface area contributed by atoms with Gasteiger partial charge < -0.3 is 5.11 Å². The molecule has 23 heavy (non-hydrogen) atoms. The van der Waals surface area contributed by atoms with Crippen LogP contribution in [0.4, 0.5) is 0 Å². The number of nitrogens with zero attached hydrogens (tertiary/aromatic N) is 3. The van der Waals surface area contributed by atoms with E-state index in [9.17, 15) is 9.59 Å². The van der Waals surface area contributed by atoms with Crippen molar-refractivity contribution in [1.29, 1.82) is 0 Å². The number of amidine groups is 1. The van der Waals surface area contributed by atoms with E-state index in [1.54, 1.807) is 12.1 Å². The van der Waals surface area contributed by atoms with Crippen LogP contribution in [-0.4, -0.2) is 29.4 Å². The third kappa shape index (κ3) is 3.21. The van der Waals surface area contributed by atoms with E-state index in [1.807, 2.05) is 24.3 Å². The second-order valence-corrected chi connectivity index (χ2v) is 5.01. The van der Waals surface area contributed by atoms with Crippen LogP contribution in [0.5, 0.6) is 0 Å². The molecule has 0 saturated heterocycles. The minimum atomic E-state index is -1.10. The number of carboxylic acid groups (broad SMARTS) is 1. The third-order valence-electron chi connectivity index (χ3n) is 3.48. The number of ketones is 1. The summed E-state index contributed by atoms with van der Waals surface area (Å²) in [5, 5.41) is 16.9. The molecule has 0 aliphatic carbocycles. The number of aromatic carboxylic acids is 1. The van der Waals surface area contributed by atoms with Gasteiger partial charge in [-0.25, -0.2) is 9.79 Å². The molecule has 0 bridgehead atoms. The molecule has 3 rings (SSSR count). The fourth-order valence-corrected chi connectivity index (χ4v) is 2.34. The van der Waals surface area contributed by atoms with Crippen LogP contribution < -0.4 is 0 Å². The molecule has 2 aromatic rings. The Balaban J connectivity index is 1.78. The number of hydrogen-bond acceptors (Lipinski definition) is 5. The number of carboxylic acids is 1. The summed E-state index contributed by atoms with van der Waals surface area (Å²) in [7, 11) is 0. The summed E-state index contributed by atoms with van der Waals surface area (Å²) in [5.41, 5.74) is 1.88. The lowest BCUT2D eigenvalue weighted by Crippen LogP contribution is -2.10. The van der Waals surface area contributed by atoms with E-state index in [-0.39, 0.29) is 23.3 Å². The Labute approximate surface area is 132 Å². The van der Waals surface area contributed by atoms with E-state index < -0.39 is 5.97 Å². The van der Waals surface area contributed by atoms with Gasteiger partial charge in [-0.2, -0.15) is 5.11 Å². The van der Waals surface area contributed by atoms with Crippen LogP contribution in [0.15, 0.2) is 63.8 Å². The van der Waals surface area contributed by atoms with Gasteiger partial charge >= 0.3 is 5.97 Å². The largest absolute Gasteiger partial charge is 0.478 e. The SMILES string of the molecule is O=C(O)c1ccccc1C(=O)Cc1ccc(C2=NCN=N2)cc1. The van der Waals surface area contributed by atoms with Gasteiger partial charge in [-0.1, -0.05) is 42.5 Å². The van der Waals surface area contributed by atoms with Gasteiger partial charge in [-0.3, -0.25) is 4.79 Å². The van der Waals surface area contributed by atoms with Crippen molar-refractivity contribution in [2.45, 2.75) is 6.42 Å². The zero-order chi connectivity index (χ0) is 16.2. The average Bonchev–Trinajstić information content (AvgIpc) is 3.10. The normalized spacial score (nSPS) is 13.0. The predicted molar refractivity (Wildman–Crippen MR) is 84.1 cm³/mol. The summed E-state index contributed by atoms with van der Waals surface area (Å²) < 4.78 is 0. The summed E-state index contributed by atoms with van der Waals surface area (Å²) in [6, 6.07) is 13.5. The fraction of sp³-hybridized carbons (Fsp3) is 0.118. The fourth-order valence-electron chi connectivity index (χ4n) is 2.34. The predicted octanol–water partition coefficient (Wildman–Crippen LogP) is 2.98. The Kier molecular flexibility index (Phi) is 4.05. The first-order valence-corrected chi connectivity index (χ1v) is 7.02. The number of carbonyl (C=O) groups excluding carboxylic acids is 1. The maximum atomic E-state index is 12.4. The Bertz CT molecular complexity index is 823. The number of benzene rings is 2. The van der Waals surface area contributed by atoms with E-state index in [1.165, 1.54) is 12.1 Å². The molecule has 0 radical (unpaired) electrons. The first-order valence-electron chi connectivity index (χ1n) is 7.02. The molecular weight excluding hydrogens is 294 g/mol. The molecule has 1 aliphatic heterocycles. The summed E-state index contributed by atoms with van der Waals surface area (Å²) in [6.45, 7) is 0.349. The van der Waals surface area contributed by atoms with E-state index in [4.69, 9.17) is 5.11 Å². The second kappa shape index (κ2) is 6.31. The molecule has 0 atom stereocenters. The van der Waals surface area contributed by atoms with Gasteiger partial charge in [0.2, 0.25) is 0 Å². The molecule has 1 heterocycles. The second-order valence-electron chi connectivity index (χ2n) is 5.01. The molecule has 1 aliphatic rings. The highest BCUT2D eigenvalue weighted by Crippen LogP contribution is 2.15. The highest BCUT2D eigenvalue weighted by atomic mass is 16.4. The lowest BCUT2D eigenvalue weighted by molar-refractivity contribution is 0.0692. The Morgan fingerprint density at radius 3 is 2.30 bits per heavy atom. The smallest absolute Gasteiger partial charge is 0.336 e. The topological polar surface area (TPSA) is 91.4 Å². The van der Waals surface area contributed by atoms with Gasteiger partial charge in [0.05, 0.1) is 5.56 Å². The van der Waals surface area contributed by atoms with Crippen molar-refractivity contribution >= 4 is 17.6 Å². The lowest BCUT2D eigenvalue weighted by atomic mass is 9.98. The van der Waals surface area contributed by atoms with Crippen molar-refractivity contribution in [2.75, 3.05) is 6.67 Å². The number of carbonyl (C=O) groups is 2. The van der Waals surface area contributed by atoms with E-state index in [0.717, 1.165) is 11.1 Å². The average molecular weight is 307 g/mol. The van der Waals surface area contributed by atoms with Gasteiger partial charge in [0.1, 0.15) is 0 Å². The Hall–Kier alpha value is -3.15. The summed E-state index contributed by atoms with van der Waals surface area (Å²) in [6.07, 6.45) is 0.137. The Morgan fingerprint density at radius 2 is 1.70 bits per heavy atom. The van der Waals surface area contributed by atoms with Crippen molar-refractivity contribution in [1.82, 2.24) is 0 Å². The van der Waals surface area contributed by atoms with Crippen molar-refractivity contribution < 1.29 is 14.7 Å². The van der Waals surface area contributed by atoms with Crippen LogP contribution in [0.3, 0.4) is 0 Å². The first-order chi connectivity index (χ1) is 11.1. The molecule has 114 valence electrons. The van der Waals surface area contributed by atoms with Gasteiger partial charge in [-0.15, -0.1) is 5.11 Å². The van der Waals surface area contributed by atoms with Gasteiger partial charge in [0.15, 0.2) is 18.3 Å². The molecule has 6 nitrogen and oxygen atoms in total. The highest BCUT2D eigenvalue weighted by Gasteiger charge is 2.16. The van der Waals surface area contributed by atoms with E-state index in [2.05, 4.69) is 15.2 Å². The van der Waals surface area contributed by atoms with Crippen LogP contribution in [0.2, 0.25) is 0 Å². The van der Waals surface area contributed by atoms with Crippen molar-refractivity contribution in [3.05, 3.63) is 70.8 Å². The van der Waals surface area contributed by atoms with Gasteiger partial charge in [-0.05, 0) is 11.6 Å². The molecule has 0 spiro atoms. The number of Topliss-reactive ketones (excluding diaryl/α,β-unsaturated/α-hetero) is 1. The quantitative estimate of drug-likeness (QED) is 0.861. The van der Waals surface area contributed by atoms with Crippen molar-refractivity contribution in [3.63, 3.8) is 0 Å². The maximum absolute atomic E-state index is 12.4. The highest BCUT2D eigenvalue weighted by molar-refractivity contribution is 6.06. The molecule has 6 heteroatoms. The summed E-state index contributed by atoms with van der Waals surface area (Å²) >= 11 is 0. The van der Waals surface area contributed by atoms with E-state index in [0.29, 0.717) is 12.5 Å². The minimum Gasteiger partial charge on any atom is -0.478 e. The molecule has 0 saturated carbocycles. The molecule has 1 N–H and O–H groups in total. The Morgan fingerprint density at radius 1 is 1.00 bits per heavy atom. The van der Waals surface area contributed by atoms with Crippen LogP contribution in [0.25, 0.3) is 0 Å². The molecule has 0 unspecified atom stereocenters. The minimum absolute atomic E-state index is 0.0230. The number of rotatable bonds is 5. The molecule has 0 fully saturated rings. The van der Waals surface area contributed by atoms with Crippen LogP contribution >= 0.6 is 0 Å². The molecule has 0 aromatic heterocycles. The summed E-state index contributed by atoms with van der Waals surface area (Å²) in [5.74, 6) is -0.748. The lowest BCUT2D eigenvalue weighted by Gasteiger charge is -2.06. The standard InChI is InChI=1S/C17H13N3O3/c21-15(13-3-1-2-4-14(13)17(22)23)9-11-5-7-12(8-6-11)16-18-10-19-20-16/h1-8H,9-10H2,(H,22,23).